The second-order valence-corrected chi connectivity index (χ2v) is 8.18. The Kier molecular flexibility index (Phi) is 5.79. The van der Waals surface area contributed by atoms with Crippen molar-refractivity contribution in [3.05, 3.63) is 41.1 Å². The molecule has 0 aliphatic carbocycles. The van der Waals surface area contributed by atoms with Crippen molar-refractivity contribution in [3.8, 4) is 5.75 Å². The number of aromatic nitrogens is 2. The van der Waals surface area contributed by atoms with Gasteiger partial charge >= 0.3 is 0 Å². The van der Waals surface area contributed by atoms with Gasteiger partial charge in [-0.3, -0.25) is 4.79 Å². The number of hydrogen-bond acceptors (Lipinski definition) is 3. The Labute approximate surface area is 156 Å². The van der Waals surface area contributed by atoms with E-state index in [2.05, 4.69) is 37.3 Å². The first-order valence-corrected chi connectivity index (χ1v) is 9.14. The quantitative estimate of drug-likeness (QED) is 0.837. The highest BCUT2D eigenvalue weighted by Gasteiger charge is 2.22. The zero-order chi connectivity index (χ0) is 19.6. The van der Waals surface area contributed by atoms with Crippen LogP contribution < -0.4 is 10.1 Å². The number of amides is 1. The number of nitrogens with one attached hydrogen (secondary N) is 1. The molecule has 5 heteroatoms. The summed E-state index contributed by atoms with van der Waals surface area (Å²) in [5, 5.41) is 7.42. The molecule has 1 heterocycles. The molecule has 26 heavy (non-hydrogen) atoms. The van der Waals surface area contributed by atoms with Crippen molar-refractivity contribution in [3.63, 3.8) is 0 Å². The van der Waals surface area contributed by atoms with Crippen LogP contribution in [0.1, 0.15) is 64.3 Å². The summed E-state index contributed by atoms with van der Waals surface area (Å²) in [4.78, 5) is 12.6. The van der Waals surface area contributed by atoms with Gasteiger partial charge in [-0.15, -0.1) is 0 Å². The SMILES string of the molecule is Cc1cc(NC(=O)C(C)Oc2ccc(C(C)C)c(C)c2)n(C(C)(C)C)n1. The van der Waals surface area contributed by atoms with Gasteiger partial charge in [0.05, 0.1) is 11.2 Å². The molecule has 0 bridgehead atoms. The van der Waals surface area contributed by atoms with Gasteiger partial charge in [0.15, 0.2) is 6.10 Å². The highest BCUT2D eigenvalue weighted by molar-refractivity contribution is 5.93. The zero-order valence-electron chi connectivity index (χ0n) is 17.2. The first-order valence-electron chi connectivity index (χ1n) is 9.14. The molecule has 2 rings (SSSR count). The topological polar surface area (TPSA) is 56.1 Å². The zero-order valence-corrected chi connectivity index (χ0v) is 17.2. The molecule has 1 N–H and O–H groups in total. The lowest BCUT2D eigenvalue weighted by Crippen LogP contribution is -2.33. The van der Waals surface area contributed by atoms with E-state index in [-0.39, 0.29) is 11.4 Å². The smallest absolute Gasteiger partial charge is 0.266 e. The van der Waals surface area contributed by atoms with Crippen molar-refractivity contribution >= 4 is 11.7 Å². The molecule has 0 radical (unpaired) electrons. The molecule has 0 aliphatic rings. The summed E-state index contributed by atoms with van der Waals surface area (Å²) >= 11 is 0. The Bertz CT molecular complexity index is 785. The van der Waals surface area contributed by atoms with Crippen molar-refractivity contribution in [2.75, 3.05) is 5.32 Å². The average molecular weight is 357 g/mol. The normalized spacial score (nSPS) is 13.0. The summed E-state index contributed by atoms with van der Waals surface area (Å²) in [5.74, 6) is 1.66. The van der Waals surface area contributed by atoms with Gasteiger partial charge in [0.2, 0.25) is 0 Å². The fourth-order valence-electron chi connectivity index (χ4n) is 2.95. The van der Waals surface area contributed by atoms with Gasteiger partial charge in [-0.05, 0) is 70.7 Å². The second-order valence-electron chi connectivity index (χ2n) is 8.18. The number of anilines is 1. The molecule has 142 valence electrons. The maximum Gasteiger partial charge on any atom is 0.266 e. The van der Waals surface area contributed by atoms with Gasteiger partial charge in [0.25, 0.3) is 5.91 Å². The van der Waals surface area contributed by atoms with Crippen LogP contribution in [0.4, 0.5) is 5.82 Å². The first kappa shape index (κ1) is 20.0. The molecule has 0 aliphatic heterocycles. The van der Waals surface area contributed by atoms with Gasteiger partial charge in [-0.1, -0.05) is 19.9 Å². The molecule has 1 atom stereocenters. The molecular weight excluding hydrogens is 326 g/mol. The minimum absolute atomic E-state index is 0.194. The highest BCUT2D eigenvalue weighted by Crippen LogP contribution is 2.25. The molecule has 0 spiro atoms. The lowest BCUT2D eigenvalue weighted by atomic mass is 9.98. The fraction of sp³-hybridized carbons (Fsp3) is 0.524. The van der Waals surface area contributed by atoms with Gasteiger partial charge < -0.3 is 10.1 Å². The summed E-state index contributed by atoms with van der Waals surface area (Å²) < 4.78 is 7.68. The number of nitrogens with zero attached hydrogens (tertiary/aromatic N) is 2. The largest absolute Gasteiger partial charge is 0.481 e. The van der Waals surface area contributed by atoms with Crippen molar-refractivity contribution in [1.82, 2.24) is 9.78 Å². The molecular formula is C21H31N3O2. The monoisotopic (exact) mass is 357 g/mol. The van der Waals surface area contributed by atoms with Crippen molar-refractivity contribution in [2.24, 2.45) is 0 Å². The van der Waals surface area contributed by atoms with E-state index in [4.69, 9.17) is 4.74 Å². The van der Waals surface area contributed by atoms with Gasteiger partial charge in [-0.2, -0.15) is 5.10 Å². The van der Waals surface area contributed by atoms with Crippen LogP contribution in [0.25, 0.3) is 0 Å². The Morgan fingerprint density at radius 2 is 1.81 bits per heavy atom. The van der Waals surface area contributed by atoms with E-state index in [9.17, 15) is 4.79 Å². The molecule has 1 amide bonds. The average Bonchev–Trinajstić information content (AvgIpc) is 2.87. The Hall–Kier alpha value is -2.30. The van der Waals surface area contributed by atoms with E-state index >= 15 is 0 Å². The number of benzene rings is 1. The van der Waals surface area contributed by atoms with Crippen molar-refractivity contribution in [1.29, 1.82) is 0 Å². The Morgan fingerprint density at radius 1 is 1.15 bits per heavy atom. The molecule has 1 aromatic carbocycles. The van der Waals surface area contributed by atoms with Crippen molar-refractivity contribution < 1.29 is 9.53 Å². The second kappa shape index (κ2) is 7.52. The first-order chi connectivity index (χ1) is 12.0. The van der Waals surface area contributed by atoms with Crippen LogP contribution in [-0.2, 0) is 10.3 Å². The van der Waals surface area contributed by atoms with E-state index in [1.165, 1.54) is 11.1 Å². The maximum atomic E-state index is 12.6. The predicted octanol–water partition coefficient (Wildman–Crippen LogP) is 4.78. The number of carbonyl (C=O) groups is 1. The minimum atomic E-state index is -0.608. The third kappa shape index (κ3) is 4.65. The van der Waals surface area contributed by atoms with Crippen LogP contribution in [0, 0.1) is 13.8 Å². The number of ether oxygens (including phenoxy) is 1. The van der Waals surface area contributed by atoms with E-state index in [0.29, 0.717) is 17.5 Å². The van der Waals surface area contributed by atoms with E-state index in [0.717, 1.165) is 5.69 Å². The van der Waals surface area contributed by atoms with Crippen LogP contribution in [0.15, 0.2) is 24.3 Å². The van der Waals surface area contributed by atoms with Crippen molar-refractivity contribution in [2.45, 2.75) is 73.0 Å². The van der Waals surface area contributed by atoms with Crippen LogP contribution >= 0.6 is 0 Å². The summed E-state index contributed by atoms with van der Waals surface area (Å²) in [6, 6.07) is 7.85. The summed E-state index contributed by atoms with van der Waals surface area (Å²) in [7, 11) is 0. The predicted molar refractivity (Wildman–Crippen MR) is 106 cm³/mol. The third-order valence-electron chi connectivity index (χ3n) is 4.26. The third-order valence-corrected chi connectivity index (χ3v) is 4.26. The molecule has 0 saturated carbocycles. The lowest BCUT2D eigenvalue weighted by Gasteiger charge is -2.23. The van der Waals surface area contributed by atoms with E-state index in [1.54, 1.807) is 6.92 Å². The van der Waals surface area contributed by atoms with Gasteiger partial charge in [0, 0.05) is 6.07 Å². The summed E-state index contributed by atoms with van der Waals surface area (Å²) in [5.41, 5.74) is 3.11. The molecule has 0 fully saturated rings. The standard InChI is InChI=1S/C21H31N3O2/c1-13(2)18-10-9-17(11-14(18)3)26-16(5)20(25)22-19-12-15(4)23-24(19)21(6,7)8/h9-13,16H,1-8H3,(H,22,25). The maximum absolute atomic E-state index is 12.6. The summed E-state index contributed by atoms with van der Waals surface area (Å²) in [6.07, 6.45) is -0.608. The van der Waals surface area contributed by atoms with Crippen LogP contribution in [0.5, 0.6) is 5.75 Å². The van der Waals surface area contributed by atoms with Gasteiger partial charge in [0.1, 0.15) is 11.6 Å². The fourth-order valence-corrected chi connectivity index (χ4v) is 2.95. The molecule has 1 aromatic heterocycles. The number of rotatable bonds is 5. The molecule has 2 aromatic rings. The van der Waals surface area contributed by atoms with Gasteiger partial charge in [-0.25, -0.2) is 4.68 Å². The molecule has 1 unspecified atom stereocenters. The van der Waals surface area contributed by atoms with E-state index < -0.39 is 6.10 Å². The molecule has 5 nitrogen and oxygen atoms in total. The van der Waals surface area contributed by atoms with Crippen LogP contribution in [-0.4, -0.2) is 21.8 Å². The Balaban J connectivity index is 2.10. The van der Waals surface area contributed by atoms with Crippen LogP contribution in [0.3, 0.4) is 0 Å². The van der Waals surface area contributed by atoms with Crippen LogP contribution in [0.2, 0.25) is 0 Å². The minimum Gasteiger partial charge on any atom is -0.481 e. The number of hydrogen-bond donors (Lipinski definition) is 1. The Morgan fingerprint density at radius 3 is 2.35 bits per heavy atom. The molecule has 0 saturated heterocycles. The summed E-state index contributed by atoms with van der Waals surface area (Å²) in [6.45, 7) is 16.2. The van der Waals surface area contributed by atoms with E-state index in [1.807, 2.05) is 50.6 Å². The number of aryl methyl sites for hydroxylation is 2. The highest BCUT2D eigenvalue weighted by atomic mass is 16.5. The lowest BCUT2D eigenvalue weighted by molar-refractivity contribution is -0.122. The number of carbonyl (C=O) groups excluding carboxylic acids is 1.